The minimum absolute atomic E-state index is 0.0609. The maximum Gasteiger partial charge on any atom is 0.0859 e. The van der Waals surface area contributed by atoms with Crippen LogP contribution in [0, 0.1) is 0 Å². The van der Waals surface area contributed by atoms with Crippen molar-refractivity contribution >= 4 is 0 Å². The number of hydrogen-bond acceptors (Lipinski definition) is 4. The lowest BCUT2D eigenvalue weighted by Gasteiger charge is -2.37. The molecule has 2 N–H and O–H groups in total. The van der Waals surface area contributed by atoms with Gasteiger partial charge in [-0.15, -0.1) is 0 Å². The van der Waals surface area contributed by atoms with Gasteiger partial charge in [-0.3, -0.25) is 9.88 Å². The summed E-state index contributed by atoms with van der Waals surface area (Å²) in [6.45, 7) is 6.18. The van der Waals surface area contributed by atoms with Crippen molar-refractivity contribution < 1.29 is 4.74 Å². The Bertz CT molecular complexity index is 449. The fourth-order valence-corrected chi connectivity index (χ4v) is 3.56. The number of ether oxygens (including phenoxy) is 1. The predicted molar refractivity (Wildman–Crippen MR) is 79.7 cm³/mol. The second-order valence-corrected chi connectivity index (χ2v) is 5.98. The van der Waals surface area contributed by atoms with E-state index in [1.54, 1.807) is 0 Å². The van der Waals surface area contributed by atoms with E-state index in [1.165, 1.54) is 17.7 Å². The zero-order valence-corrected chi connectivity index (χ0v) is 12.3. The Balaban J connectivity index is 1.68. The third-order valence-corrected chi connectivity index (χ3v) is 4.61. The molecular formula is C16H25N3O. The summed E-state index contributed by atoms with van der Waals surface area (Å²) in [6.07, 6.45) is 5.44. The number of nitrogens with zero attached hydrogens (tertiary/aromatic N) is 2. The zero-order chi connectivity index (χ0) is 13.9. The normalized spacial score (nSPS) is 28.3. The average Bonchev–Trinajstić information content (AvgIpc) is 2.91. The molecule has 0 aromatic carbocycles. The molecule has 1 fully saturated rings. The van der Waals surface area contributed by atoms with Crippen LogP contribution in [0.3, 0.4) is 0 Å². The highest BCUT2D eigenvalue weighted by Gasteiger charge is 2.35. The van der Waals surface area contributed by atoms with E-state index >= 15 is 0 Å². The standard InChI is InChI=1S/C16H25N3O/c1-2-8-19-9-10-20-14(11-19)15(17)13-6-5-12-4-3-7-18-16(12)13/h3-4,7,13-15H,2,5-6,8-11,17H2,1H3. The van der Waals surface area contributed by atoms with Crippen LogP contribution in [-0.2, 0) is 11.2 Å². The van der Waals surface area contributed by atoms with Gasteiger partial charge in [0.05, 0.1) is 12.7 Å². The molecule has 0 bridgehead atoms. The summed E-state index contributed by atoms with van der Waals surface area (Å²) in [5, 5.41) is 0. The van der Waals surface area contributed by atoms with Crippen LogP contribution >= 0.6 is 0 Å². The fraction of sp³-hybridized carbons (Fsp3) is 0.688. The Hall–Kier alpha value is -0.970. The van der Waals surface area contributed by atoms with E-state index in [4.69, 9.17) is 10.5 Å². The van der Waals surface area contributed by atoms with Crippen molar-refractivity contribution in [2.45, 2.75) is 44.2 Å². The van der Waals surface area contributed by atoms with Crippen LogP contribution in [0.4, 0.5) is 0 Å². The van der Waals surface area contributed by atoms with Gasteiger partial charge in [0.2, 0.25) is 0 Å². The van der Waals surface area contributed by atoms with Crippen molar-refractivity contribution in [3.8, 4) is 0 Å². The summed E-state index contributed by atoms with van der Waals surface area (Å²) in [5.41, 5.74) is 9.11. The van der Waals surface area contributed by atoms with Crippen LogP contribution in [-0.4, -0.2) is 48.3 Å². The summed E-state index contributed by atoms with van der Waals surface area (Å²) in [7, 11) is 0. The number of fused-ring (bicyclic) bond motifs is 1. The second-order valence-electron chi connectivity index (χ2n) is 5.98. The molecule has 3 unspecified atom stereocenters. The molecule has 4 nitrogen and oxygen atoms in total. The van der Waals surface area contributed by atoms with E-state index in [2.05, 4.69) is 22.9 Å². The van der Waals surface area contributed by atoms with Crippen molar-refractivity contribution in [3.05, 3.63) is 29.6 Å². The molecular weight excluding hydrogens is 250 g/mol. The Morgan fingerprint density at radius 2 is 2.45 bits per heavy atom. The molecule has 20 heavy (non-hydrogen) atoms. The maximum atomic E-state index is 6.54. The van der Waals surface area contributed by atoms with Crippen LogP contribution in [0.25, 0.3) is 0 Å². The van der Waals surface area contributed by atoms with Crippen molar-refractivity contribution in [2.24, 2.45) is 5.73 Å². The quantitative estimate of drug-likeness (QED) is 0.906. The molecule has 0 amide bonds. The zero-order valence-electron chi connectivity index (χ0n) is 12.3. The topological polar surface area (TPSA) is 51.4 Å². The molecule has 3 atom stereocenters. The lowest BCUT2D eigenvalue weighted by Crippen LogP contribution is -2.52. The number of hydrogen-bond donors (Lipinski definition) is 1. The molecule has 0 radical (unpaired) electrons. The Labute approximate surface area is 121 Å². The van der Waals surface area contributed by atoms with Gasteiger partial charge in [0.15, 0.2) is 0 Å². The first-order valence-electron chi connectivity index (χ1n) is 7.83. The molecule has 2 aliphatic rings. The van der Waals surface area contributed by atoms with Crippen molar-refractivity contribution in [1.82, 2.24) is 9.88 Å². The molecule has 4 heteroatoms. The van der Waals surface area contributed by atoms with Crippen molar-refractivity contribution in [1.29, 1.82) is 0 Å². The van der Waals surface area contributed by atoms with Crippen molar-refractivity contribution in [3.63, 3.8) is 0 Å². The molecule has 2 heterocycles. The van der Waals surface area contributed by atoms with Gasteiger partial charge in [-0.05, 0) is 37.4 Å². The lowest BCUT2D eigenvalue weighted by atomic mass is 9.92. The van der Waals surface area contributed by atoms with Crippen LogP contribution in [0.2, 0.25) is 0 Å². The van der Waals surface area contributed by atoms with E-state index in [0.717, 1.165) is 39.1 Å². The SMILES string of the molecule is CCCN1CCOC(C(N)C2CCc3cccnc32)C1. The van der Waals surface area contributed by atoms with Crippen LogP contribution in [0.15, 0.2) is 18.3 Å². The Kier molecular flexibility index (Phi) is 4.34. The number of aryl methyl sites for hydroxylation is 1. The highest BCUT2D eigenvalue weighted by atomic mass is 16.5. The van der Waals surface area contributed by atoms with E-state index in [9.17, 15) is 0 Å². The van der Waals surface area contributed by atoms with Gasteiger partial charge in [-0.2, -0.15) is 0 Å². The Morgan fingerprint density at radius 3 is 3.30 bits per heavy atom. The number of pyridine rings is 1. The van der Waals surface area contributed by atoms with Crippen molar-refractivity contribution in [2.75, 3.05) is 26.2 Å². The van der Waals surface area contributed by atoms with Crippen LogP contribution < -0.4 is 5.73 Å². The molecule has 1 aromatic heterocycles. The lowest BCUT2D eigenvalue weighted by molar-refractivity contribution is -0.0442. The second kappa shape index (κ2) is 6.20. The molecule has 1 aromatic rings. The third kappa shape index (κ3) is 2.73. The minimum Gasteiger partial charge on any atom is -0.374 e. The molecule has 0 spiro atoms. The third-order valence-electron chi connectivity index (χ3n) is 4.61. The maximum absolute atomic E-state index is 6.54. The summed E-state index contributed by atoms with van der Waals surface area (Å²) >= 11 is 0. The van der Waals surface area contributed by atoms with Gasteiger partial charge in [0.25, 0.3) is 0 Å². The van der Waals surface area contributed by atoms with E-state index in [0.29, 0.717) is 5.92 Å². The van der Waals surface area contributed by atoms with E-state index < -0.39 is 0 Å². The highest BCUT2D eigenvalue weighted by molar-refractivity contribution is 5.30. The number of aromatic nitrogens is 1. The number of nitrogens with two attached hydrogens (primary N) is 1. The smallest absolute Gasteiger partial charge is 0.0859 e. The summed E-state index contributed by atoms with van der Waals surface area (Å²) in [5.74, 6) is 0.359. The van der Waals surface area contributed by atoms with Gasteiger partial charge in [-0.1, -0.05) is 13.0 Å². The minimum atomic E-state index is 0.0609. The van der Waals surface area contributed by atoms with Gasteiger partial charge < -0.3 is 10.5 Å². The van der Waals surface area contributed by atoms with E-state index in [1.807, 2.05) is 12.3 Å². The molecule has 110 valence electrons. The molecule has 3 rings (SSSR count). The van der Waals surface area contributed by atoms with Crippen LogP contribution in [0.5, 0.6) is 0 Å². The summed E-state index contributed by atoms with van der Waals surface area (Å²) in [4.78, 5) is 7.04. The largest absolute Gasteiger partial charge is 0.374 e. The van der Waals surface area contributed by atoms with Gasteiger partial charge in [0, 0.05) is 36.9 Å². The summed E-state index contributed by atoms with van der Waals surface area (Å²) < 4.78 is 5.95. The molecule has 1 aliphatic heterocycles. The predicted octanol–water partition coefficient (Wildman–Crippen LogP) is 1.55. The molecule has 1 aliphatic carbocycles. The first kappa shape index (κ1) is 14.0. The van der Waals surface area contributed by atoms with Gasteiger partial charge in [0.1, 0.15) is 0 Å². The fourth-order valence-electron chi connectivity index (χ4n) is 3.56. The van der Waals surface area contributed by atoms with Crippen LogP contribution in [0.1, 0.15) is 36.9 Å². The summed E-state index contributed by atoms with van der Waals surface area (Å²) in [6, 6.07) is 4.26. The monoisotopic (exact) mass is 275 g/mol. The average molecular weight is 275 g/mol. The number of rotatable bonds is 4. The van der Waals surface area contributed by atoms with Gasteiger partial charge >= 0.3 is 0 Å². The molecule has 1 saturated heterocycles. The number of morpholine rings is 1. The Morgan fingerprint density at radius 1 is 1.55 bits per heavy atom. The van der Waals surface area contributed by atoms with Gasteiger partial charge in [-0.25, -0.2) is 0 Å². The first-order valence-corrected chi connectivity index (χ1v) is 7.83. The highest BCUT2D eigenvalue weighted by Crippen LogP contribution is 2.34. The first-order chi connectivity index (χ1) is 9.79. The molecule has 0 saturated carbocycles. The van der Waals surface area contributed by atoms with E-state index in [-0.39, 0.29) is 12.1 Å².